The molecule has 1 aliphatic carbocycles. The molecule has 126 valence electrons. The molecule has 0 spiro atoms. The Balaban J connectivity index is 1.86. The summed E-state index contributed by atoms with van der Waals surface area (Å²) in [6, 6.07) is 4.05. The van der Waals surface area contributed by atoms with Crippen LogP contribution >= 0.6 is 0 Å². The van der Waals surface area contributed by atoms with Crippen LogP contribution in [-0.2, 0) is 4.74 Å². The second-order valence-corrected chi connectivity index (χ2v) is 6.31. The molecule has 3 atom stereocenters. The van der Waals surface area contributed by atoms with Gasteiger partial charge in [0.15, 0.2) is 11.6 Å². The number of rotatable bonds is 3. The third-order valence-corrected chi connectivity index (χ3v) is 5.22. The average Bonchev–Trinajstić information content (AvgIpc) is 2.93. The lowest BCUT2D eigenvalue weighted by molar-refractivity contribution is -0.0824. The van der Waals surface area contributed by atoms with Crippen molar-refractivity contribution in [3.05, 3.63) is 29.6 Å². The number of hydrogen-bond donors (Lipinski definition) is 1. The van der Waals surface area contributed by atoms with E-state index in [1.165, 1.54) is 19.2 Å². The lowest BCUT2D eigenvalue weighted by Crippen LogP contribution is -2.52. The summed E-state index contributed by atoms with van der Waals surface area (Å²) in [6.07, 6.45) is 2.23. The Morgan fingerprint density at radius 2 is 2.17 bits per heavy atom. The summed E-state index contributed by atoms with van der Waals surface area (Å²) < 4.78 is 24.5. The Bertz CT molecular complexity index is 608. The fourth-order valence-electron chi connectivity index (χ4n) is 3.88. The zero-order valence-electron chi connectivity index (χ0n) is 13.4. The van der Waals surface area contributed by atoms with Crippen molar-refractivity contribution in [1.29, 1.82) is 0 Å². The normalized spacial score (nSPS) is 30.2. The number of ether oxygens (including phenoxy) is 2. The van der Waals surface area contributed by atoms with Crippen LogP contribution in [-0.4, -0.2) is 54.4 Å². The van der Waals surface area contributed by atoms with E-state index in [2.05, 4.69) is 0 Å². The summed E-state index contributed by atoms with van der Waals surface area (Å²) in [5, 5.41) is 9.98. The molecule has 1 amide bonds. The van der Waals surface area contributed by atoms with Gasteiger partial charge in [-0.15, -0.1) is 0 Å². The number of carbonyl (C=O) groups is 1. The SMILES string of the molecule is COc1ccc(C(=O)N2CC[C@]3(OC)CC[C@@H](O)C[C@H]23)cc1F. The van der Waals surface area contributed by atoms with Gasteiger partial charge in [-0.1, -0.05) is 0 Å². The highest BCUT2D eigenvalue weighted by molar-refractivity contribution is 5.95. The van der Waals surface area contributed by atoms with Crippen LogP contribution in [0.3, 0.4) is 0 Å². The van der Waals surface area contributed by atoms with Crippen molar-refractivity contribution in [2.24, 2.45) is 0 Å². The number of amides is 1. The average molecular weight is 323 g/mol. The molecule has 0 bridgehead atoms. The lowest BCUT2D eigenvalue weighted by atomic mass is 9.79. The van der Waals surface area contributed by atoms with E-state index in [1.807, 2.05) is 0 Å². The molecule has 1 aliphatic heterocycles. The van der Waals surface area contributed by atoms with Crippen LogP contribution in [0.5, 0.6) is 5.75 Å². The first kappa shape index (κ1) is 16.2. The van der Waals surface area contributed by atoms with E-state index < -0.39 is 11.9 Å². The summed E-state index contributed by atoms with van der Waals surface area (Å²) in [5.74, 6) is -0.675. The fourth-order valence-corrected chi connectivity index (χ4v) is 3.88. The van der Waals surface area contributed by atoms with Crippen molar-refractivity contribution in [3.8, 4) is 5.75 Å². The van der Waals surface area contributed by atoms with Gasteiger partial charge in [0.05, 0.1) is 24.9 Å². The second kappa shape index (κ2) is 6.09. The molecule has 6 heteroatoms. The highest BCUT2D eigenvalue weighted by Crippen LogP contribution is 2.43. The predicted molar refractivity (Wildman–Crippen MR) is 82.0 cm³/mol. The van der Waals surface area contributed by atoms with Gasteiger partial charge in [0, 0.05) is 19.2 Å². The number of likely N-dealkylation sites (tertiary alicyclic amines) is 1. The van der Waals surface area contributed by atoms with Crippen LogP contribution in [0.1, 0.15) is 36.0 Å². The summed E-state index contributed by atoms with van der Waals surface area (Å²) >= 11 is 0. The number of nitrogens with zero attached hydrogens (tertiary/aromatic N) is 1. The van der Waals surface area contributed by atoms with Gasteiger partial charge in [-0.3, -0.25) is 4.79 Å². The molecule has 2 aliphatic rings. The smallest absolute Gasteiger partial charge is 0.254 e. The van der Waals surface area contributed by atoms with Crippen LogP contribution in [0, 0.1) is 5.82 Å². The number of halogens is 1. The topological polar surface area (TPSA) is 59.0 Å². The Hall–Kier alpha value is -1.66. The van der Waals surface area contributed by atoms with Crippen molar-refractivity contribution in [2.45, 2.75) is 43.4 Å². The van der Waals surface area contributed by atoms with E-state index >= 15 is 0 Å². The molecule has 2 fully saturated rings. The first-order valence-electron chi connectivity index (χ1n) is 7.88. The number of benzene rings is 1. The van der Waals surface area contributed by atoms with E-state index in [1.54, 1.807) is 18.1 Å². The van der Waals surface area contributed by atoms with E-state index in [9.17, 15) is 14.3 Å². The zero-order valence-corrected chi connectivity index (χ0v) is 13.4. The predicted octanol–water partition coefficient (Wildman–Crippen LogP) is 1.98. The molecular formula is C17H22FNO4. The molecule has 1 aromatic rings. The maximum absolute atomic E-state index is 13.9. The largest absolute Gasteiger partial charge is 0.494 e. The quantitative estimate of drug-likeness (QED) is 0.924. The standard InChI is InChI=1S/C17H22FNO4/c1-22-14-4-3-11(9-13(14)18)16(21)19-8-7-17(23-2)6-5-12(20)10-15(17)19/h3-4,9,12,15,20H,5-8,10H2,1-2H3/t12-,15+,17-/m1/s1. The highest BCUT2D eigenvalue weighted by atomic mass is 19.1. The molecule has 1 saturated heterocycles. The van der Waals surface area contributed by atoms with Gasteiger partial charge >= 0.3 is 0 Å². The Kier molecular flexibility index (Phi) is 4.29. The van der Waals surface area contributed by atoms with E-state index in [0.29, 0.717) is 19.4 Å². The van der Waals surface area contributed by atoms with Crippen molar-refractivity contribution in [3.63, 3.8) is 0 Å². The molecular weight excluding hydrogens is 301 g/mol. The molecule has 0 unspecified atom stereocenters. The molecule has 23 heavy (non-hydrogen) atoms. The van der Waals surface area contributed by atoms with Crippen molar-refractivity contribution >= 4 is 5.91 Å². The van der Waals surface area contributed by atoms with E-state index in [4.69, 9.17) is 9.47 Å². The third-order valence-electron chi connectivity index (χ3n) is 5.22. The minimum Gasteiger partial charge on any atom is -0.494 e. The number of aliphatic hydroxyl groups excluding tert-OH is 1. The van der Waals surface area contributed by atoms with Gasteiger partial charge in [-0.05, 0) is 43.9 Å². The summed E-state index contributed by atoms with van der Waals surface area (Å²) in [6.45, 7) is 0.553. The second-order valence-electron chi connectivity index (χ2n) is 6.31. The van der Waals surface area contributed by atoms with Gasteiger partial charge in [0.1, 0.15) is 0 Å². The Labute approximate surface area is 135 Å². The molecule has 1 heterocycles. The monoisotopic (exact) mass is 323 g/mol. The van der Waals surface area contributed by atoms with Gasteiger partial charge in [-0.2, -0.15) is 0 Å². The maximum Gasteiger partial charge on any atom is 0.254 e. The Morgan fingerprint density at radius 3 is 2.83 bits per heavy atom. The minimum absolute atomic E-state index is 0.113. The molecule has 0 aromatic heterocycles. The zero-order chi connectivity index (χ0) is 16.6. The van der Waals surface area contributed by atoms with Gasteiger partial charge in [0.25, 0.3) is 5.91 Å². The maximum atomic E-state index is 13.9. The molecule has 1 saturated carbocycles. The number of methoxy groups -OCH3 is 2. The van der Waals surface area contributed by atoms with Gasteiger partial charge < -0.3 is 19.5 Å². The summed E-state index contributed by atoms with van der Waals surface area (Å²) in [4.78, 5) is 14.5. The number of aliphatic hydroxyl groups is 1. The fraction of sp³-hybridized carbons (Fsp3) is 0.588. The third kappa shape index (κ3) is 2.70. The van der Waals surface area contributed by atoms with Crippen LogP contribution in [0.15, 0.2) is 18.2 Å². The minimum atomic E-state index is -0.556. The number of hydrogen-bond acceptors (Lipinski definition) is 4. The molecule has 0 radical (unpaired) electrons. The van der Waals surface area contributed by atoms with Crippen LogP contribution < -0.4 is 4.74 Å². The summed E-state index contributed by atoms with van der Waals surface area (Å²) in [7, 11) is 3.04. The van der Waals surface area contributed by atoms with Crippen molar-refractivity contribution < 1.29 is 23.8 Å². The molecule has 5 nitrogen and oxygen atoms in total. The van der Waals surface area contributed by atoms with Gasteiger partial charge in [-0.25, -0.2) is 4.39 Å². The van der Waals surface area contributed by atoms with E-state index in [-0.39, 0.29) is 28.9 Å². The Morgan fingerprint density at radius 1 is 1.39 bits per heavy atom. The molecule has 1 aromatic carbocycles. The molecule has 3 rings (SSSR count). The first-order chi connectivity index (χ1) is 11.0. The van der Waals surface area contributed by atoms with Crippen molar-refractivity contribution in [1.82, 2.24) is 4.90 Å². The van der Waals surface area contributed by atoms with Crippen LogP contribution in [0.2, 0.25) is 0 Å². The first-order valence-corrected chi connectivity index (χ1v) is 7.88. The lowest BCUT2D eigenvalue weighted by Gasteiger charge is -2.42. The van der Waals surface area contributed by atoms with Crippen molar-refractivity contribution in [2.75, 3.05) is 20.8 Å². The summed E-state index contributed by atoms with van der Waals surface area (Å²) in [5.41, 5.74) is -0.102. The van der Waals surface area contributed by atoms with E-state index in [0.717, 1.165) is 12.8 Å². The highest BCUT2D eigenvalue weighted by Gasteiger charge is 2.52. The number of carbonyl (C=O) groups excluding carboxylic acids is 1. The van der Waals surface area contributed by atoms with Crippen LogP contribution in [0.4, 0.5) is 4.39 Å². The van der Waals surface area contributed by atoms with Gasteiger partial charge in [0.2, 0.25) is 0 Å². The number of fused-ring (bicyclic) bond motifs is 1. The van der Waals surface area contributed by atoms with Crippen LogP contribution in [0.25, 0.3) is 0 Å². The molecule has 1 N–H and O–H groups in total.